The highest BCUT2D eigenvalue weighted by molar-refractivity contribution is 5.27. The van der Waals surface area contributed by atoms with E-state index in [1.54, 1.807) is 0 Å². The summed E-state index contributed by atoms with van der Waals surface area (Å²) in [4.78, 5) is 2.32. The Bertz CT molecular complexity index is 432. The van der Waals surface area contributed by atoms with Gasteiger partial charge in [0.1, 0.15) is 11.6 Å². The molecule has 4 heteroatoms. The Kier molecular flexibility index (Phi) is 4.76. The van der Waals surface area contributed by atoms with Gasteiger partial charge >= 0.3 is 0 Å². The fourth-order valence-corrected chi connectivity index (χ4v) is 3.57. The van der Waals surface area contributed by atoms with E-state index in [1.807, 2.05) is 0 Å². The van der Waals surface area contributed by atoms with Crippen molar-refractivity contribution in [2.45, 2.75) is 51.1 Å². The van der Waals surface area contributed by atoms with Crippen LogP contribution in [0, 0.1) is 11.6 Å². The summed E-state index contributed by atoms with van der Waals surface area (Å²) in [5.41, 5.74) is 6.02. The standard InChI is InChI=1S/C16H24F2N2/c1-3-16(4-2,20-10-5-6-11-20)15(19)14-12(17)8-7-9-13(14)18/h7-9,15H,3-6,10-11,19H2,1-2H3. The van der Waals surface area contributed by atoms with Crippen molar-refractivity contribution in [1.82, 2.24) is 4.90 Å². The number of hydrogen-bond donors (Lipinski definition) is 1. The van der Waals surface area contributed by atoms with Crippen LogP contribution in [0.15, 0.2) is 18.2 Å². The molecule has 0 saturated carbocycles. The van der Waals surface area contributed by atoms with Crippen LogP contribution in [-0.2, 0) is 0 Å². The first-order chi connectivity index (χ1) is 9.56. The van der Waals surface area contributed by atoms with Crippen LogP contribution in [0.3, 0.4) is 0 Å². The highest BCUT2D eigenvalue weighted by atomic mass is 19.1. The van der Waals surface area contributed by atoms with Crippen molar-refractivity contribution in [3.05, 3.63) is 35.4 Å². The maximum atomic E-state index is 14.1. The minimum absolute atomic E-state index is 0.0306. The molecule has 1 aliphatic heterocycles. The van der Waals surface area contributed by atoms with Gasteiger partial charge in [-0.15, -0.1) is 0 Å². The summed E-state index contributed by atoms with van der Waals surface area (Å²) in [7, 11) is 0. The van der Waals surface area contributed by atoms with Gasteiger partial charge in [0.25, 0.3) is 0 Å². The molecule has 0 spiro atoms. The van der Waals surface area contributed by atoms with E-state index in [9.17, 15) is 8.78 Å². The molecule has 2 N–H and O–H groups in total. The summed E-state index contributed by atoms with van der Waals surface area (Å²) >= 11 is 0. The first kappa shape index (κ1) is 15.4. The summed E-state index contributed by atoms with van der Waals surface area (Å²) in [6.07, 6.45) is 3.85. The monoisotopic (exact) mass is 282 g/mol. The van der Waals surface area contributed by atoms with Gasteiger partial charge in [0.2, 0.25) is 0 Å². The zero-order valence-corrected chi connectivity index (χ0v) is 12.3. The van der Waals surface area contributed by atoms with Crippen molar-refractivity contribution in [1.29, 1.82) is 0 Å². The predicted molar refractivity (Wildman–Crippen MR) is 77.4 cm³/mol. The van der Waals surface area contributed by atoms with Gasteiger partial charge < -0.3 is 5.73 Å². The summed E-state index contributed by atoms with van der Waals surface area (Å²) < 4.78 is 28.1. The molecule has 20 heavy (non-hydrogen) atoms. The summed E-state index contributed by atoms with van der Waals surface area (Å²) in [6.45, 7) is 6.04. The van der Waals surface area contributed by atoms with Crippen LogP contribution in [0.1, 0.15) is 51.1 Å². The average Bonchev–Trinajstić information content (AvgIpc) is 2.95. The fraction of sp³-hybridized carbons (Fsp3) is 0.625. The van der Waals surface area contributed by atoms with Crippen molar-refractivity contribution < 1.29 is 8.78 Å². The second-order valence-electron chi connectivity index (χ2n) is 5.62. The lowest BCUT2D eigenvalue weighted by Gasteiger charge is -2.45. The molecule has 1 aromatic carbocycles. The molecule has 1 aromatic rings. The van der Waals surface area contributed by atoms with Gasteiger partial charge in [0.15, 0.2) is 0 Å². The average molecular weight is 282 g/mol. The molecule has 0 aliphatic carbocycles. The van der Waals surface area contributed by atoms with Crippen molar-refractivity contribution in [3.8, 4) is 0 Å². The van der Waals surface area contributed by atoms with Crippen LogP contribution in [0.2, 0.25) is 0 Å². The summed E-state index contributed by atoms with van der Waals surface area (Å²) in [6, 6.07) is 3.32. The molecule has 1 heterocycles. The zero-order chi connectivity index (χ0) is 14.8. The first-order valence-electron chi connectivity index (χ1n) is 7.51. The van der Waals surface area contributed by atoms with E-state index in [1.165, 1.54) is 18.2 Å². The summed E-state index contributed by atoms with van der Waals surface area (Å²) in [5, 5.41) is 0. The third-order valence-corrected chi connectivity index (χ3v) is 4.85. The van der Waals surface area contributed by atoms with E-state index < -0.39 is 17.7 Å². The molecule has 0 radical (unpaired) electrons. The number of rotatable bonds is 5. The minimum atomic E-state index is -0.642. The van der Waals surface area contributed by atoms with Gasteiger partial charge in [-0.2, -0.15) is 0 Å². The van der Waals surface area contributed by atoms with Crippen LogP contribution in [0.25, 0.3) is 0 Å². The maximum absolute atomic E-state index is 14.1. The highest BCUT2D eigenvalue weighted by Crippen LogP contribution is 2.39. The van der Waals surface area contributed by atoms with Crippen molar-refractivity contribution in [3.63, 3.8) is 0 Å². The molecule has 2 nitrogen and oxygen atoms in total. The van der Waals surface area contributed by atoms with Crippen LogP contribution in [0.5, 0.6) is 0 Å². The molecule has 112 valence electrons. The Hall–Kier alpha value is -1.00. The number of likely N-dealkylation sites (tertiary alicyclic amines) is 1. The third-order valence-electron chi connectivity index (χ3n) is 4.85. The molecule has 2 rings (SSSR count). The smallest absolute Gasteiger partial charge is 0.130 e. The van der Waals surface area contributed by atoms with E-state index in [0.717, 1.165) is 38.8 Å². The molecule has 0 bridgehead atoms. The Morgan fingerprint density at radius 3 is 2.10 bits per heavy atom. The third kappa shape index (κ3) is 2.47. The predicted octanol–water partition coefficient (Wildman–Crippen LogP) is 3.62. The van der Waals surface area contributed by atoms with Gasteiger partial charge in [-0.25, -0.2) is 8.78 Å². The van der Waals surface area contributed by atoms with E-state index in [4.69, 9.17) is 5.73 Å². The molecule has 1 unspecified atom stereocenters. The summed E-state index contributed by atoms with van der Waals surface area (Å²) in [5.74, 6) is -1.08. The number of benzene rings is 1. The van der Waals surface area contributed by atoms with Crippen LogP contribution < -0.4 is 5.73 Å². The molecular formula is C16H24F2N2. The fourth-order valence-electron chi connectivity index (χ4n) is 3.57. The second kappa shape index (κ2) is 6.19. The SMILES string of the molecule is CCC(CC)(C(N)c1c(F)cccc1F)N1CCCC1. The highest BCUT2D eigenvalue weighted by Gasteiger charge is 2.42. The van der Waals surface area contributed by atoms with Crippen molar-refractivity contribution in [2.24, 2.45) is 5.73 Å². The Balaban J connectivity index is 2.43. The van der Waals surface area contributed by atoms with Gasteiger partial charge in [-0.1, -0.05) is 19.9 Å². The number of nitrogens with two attached hydrogens (primary N) is 1. The molecule has 1 saturated heterocycles. The van der Waals surface area contributed by atoms with E-state index in [-0.39, 0.29) is 11.1 Å². The normalized spacial score (nSPS) is 18.4. The largest absolute Gasteiger partial charge is 0.322 e. The van der Waals surface area contributed by atoms with Crippen LogP contribution in [0.4, 0.5) is 8.78 Å². The van der Waals surface area contributed by atoms with Gasteiger partial charge in [0.05, 0.1) is 6.04 Å². The second-order valence-corrected chi connectivity index (χ2v) is 5.62. The van der Waals surface area contributed by atoms with E-state index in [2.05, 4.69) is 18.7 Å². The van der Waals surface area contributed by atoms with Gasteiger partial charge in [-0.3, -0.25) is 4.90 Å². The maximum Gasteiger partial charge on any atom is 0.130 e. The van der Waals surface area contributed by atoms with Crippen molar-refractivity contribution in [2.75, 3.05) is 13.1 Å². The lowest BCUT2D eigenvalue weighted by Crippen LogP contribution is -2.54. The quantitative estimate of drug-likeness (QED) is 0.893. The van der Waals surface area contributed by atoms with Crippen LogP contribution >= 0.6 is 0 Å². The number of hydrogen-bond acceptors (Lipinski definition) is 2. The van der Waals surface area contributed by atoms with Gasteiger partial charge in [-0.05, 0) is 50.9 Å². The lowest BCUT2D eigenvalue weighted by atomic mass is 9.79. The first-order valence-corrected chi connectivity index (χ1v) is 7.51. The molecule has 0 amide bonds. The lowest BCUT2D eigenvalue weighted by molar-refractivity contribution is 0.0740. The number of halogens is 2. The van der Waals surface area contributed by atoms with E-state index >= 15 is 0 Å². The molecule has 1 atom stereocenters. The Morgan fingerprint density at radius 2 is 1.65 bits per heavy atom. The molecule has 1 fully saturated rings. The zero-order valence-electron chi connectivity index (χ0n) is 12.3. The van der Waals surface area contributed by atoms with Gasteiger partial charge in [0, 0.05) is 11.1 Å². The van der Waals surface area contributed by atoms with E-state index in [0.29, 0.717) is 0 Å². The molecular weight excluding hydrogens is 258 g/mol. The number of nitrogens with zero attached hydrogens (tertiary/aromatic N) is 1. The Labute approximate surface area is 120 Å². The van der Waals surface area contributed by atoms with Crippen molar-refractivity contribution >= 4 is 0 Å². The minimum Gasteiger partial charge on any atom is -0.322 e. The van der Waals surface area contributed by atoms with Crippen LogP contribution in [-0.4, -0.2) is 23.5 Å². The topological polar surface area (TPSA) is 29.3 Å². The molecule has 0 aromatic heterocycles. The molecule has 1 aliphatic rings. The Morgan fingerprint density at radius 1 is 1.15 bits per heavy atom.